The van der Waals surface area contributed by atoms with Crippen molar-refractivity contribution < 1.29 is 0 Å². The molecule has 1 atom stereocenters. The second-order valence-corrected chi connectivity index (χ2v) is 7.98. The Kier molecular flexibility index (Phi) is 3.86. The molecule has 0 saturated heterocycles. The average molecular weight is 306 g/mol. The van der Waals surface area contributed by atoms with Gasteiger partial charge in [-0.15, -0.1) is 0 Å². The van der Waals surface area contributed by atoms with Crippen LogP contribution in [0.25, 0.3) is 0 Å². The fourth-order valence-electron chi connectivity index (χ4n) is 3.24. The van der Waals surface area contributed by atoms with Crippen LogP contribution in [-0.4, -0.2) is 27.2 Å². The average Bonchev–Trinajstić information content (AvgIpc) is 2.82. The van der Waals surface area contributed by atoms with Crippen molar-refractivity contribution in [3.05, 3.63) is 30.3 Å². The van der Waals surface area contributed by atoms with Crippen LogP contribution >= 0.6 is 0 Å². The van der Waals surface area contributed by atoms with Crippen LogP contribution in [0.4, 0.5) is 0 Å². The molecule has 1 aliphatic heterocycles. The molecule has 1 aromatic rings. The van der Waals surface area contributed by atoms with Crippen molar-refractivity contribution in [1.82, 2.24) is 0 Å². The summed E-state index contributed by atoms with van der Waals surface area (Å²) in [6, 6.07) is 11.5. The molecule has 1 aliphatic carbocycles. The number of rotatable bonds is 3. The van der Waals surface area contributed by atoms with E-state index >= 15 is 0 Å². The zero-order chi connectivity index (χ0) is 12.3. The molecule has 1 saturated carbocycles. The van der Waals surface area contributed by atoms with Crippen molar-refractivity contribution >= 4 is 25.6 Å². The molecule has 0 amide bonds. The fraction of sp³-hybridized carbons (Fsp3) is 0.562. The summed E-state index contributed by atoms with van der Waals surface area (Å²) in [5, 5.41) is 1.29. The second kappa shape index (κ2) is 5.59. The minimum atomic E-state index is 0.510. The van der Waals surface area contributed by atoms with Gasteiger partial charge in [0.25, 0.3) is 0 Å². The number of benzene rings is 1. The Bertz CT molecular complexity index is 406. The van der Waals surface area contributed by atoms with E-state index < -0.39 is 0 Å². The van der Waals surface area contributed by atoms with E-state index in [1.165, 1.54) is 48.3 Å². The number of hydrogen-bond donors (Lipinski definition) is 0. The maximum absolute atomic E-state index is 4.82. The van der Waals surface area contributed by atoms with Gasteiger partial charge in [0, 0.05) is 0 Å². The molecular weight excluding hydrogens is 285 g/mol. The Hall–Kier alpha value is -0.591. The van der Waals surface area contributed by atoms with Gasteiger partial charge in [0.2, 0.25) is 0 Å². The first-order valence-electron chi connectivity index (χ1n) is 7.09. The predicted molar refractivity (Wildman–Crippen MR) is 79.1 cm³/mol. The van der Waals surface area contributed by atoms with Gasteiger partial charge in [-0.1, -0.05) is 0 Å². The first kappa shape index (κ1) is 12.4. The van der Waals surface area contributed by atoms with Crippen LogP contribution in [0.5, 0.6) is 0 Å². The van der Waals surface area contributed by atoms with Crippen LogP contribution < -0.4 is 4.46 Å². The van der Waals surface area contributed by atoms with Gasteiger partial charge in [-0.25, -0.2) is 0 Å². The Labute approximate surface area is 116 Å². The molecule has 0 radical (unpaired) electrons. The number of aliphatic imine (C=N–C) groups is 1. The normalized spacial score (nSPS) is 25.7. The SMILES string of the molecule is C1=NC(C[Se]c2ccccc2)CC12CCCCC2. The molecule has 96 valence electrons. The molecule has 1 fully saturated rings. The van der Waals surface area contributed by atoms with E-state index in [1.807, 2.05) is 0 Å². The first-order chi connectivity index (χ1) is 8.86. The summed E-state index contributed by atoms with van der Waals surface area (Å²) < 4.78 is 1.52. The van der Waals surface area contributed by atoms with E-state index in [4.69, 9.17) is 4.99 Å². The Morgan fingerprint density at radius 3 is 2.67 bits per heavy atom. The van der Waals surface area contributed by atoms with Crippen LogP contribution in [0.2, 0.25) is 5.32 Å². The summed E-state index contributed by atoms with van der Waals surface area (Å²) in [6.07, 6.45) is 10.7. The molecule has 1 aromatic carbocycles. The molecule has 1 spiro atoms. The molecule has 1 unspecified atom stereocenters. The summed E-state index contributed by atoms with van der Waals surface area (Å²) in [5.74, 6) is 0. The van der Waals surface area contributed by atoms with Crippen molar-refractivity contribution in [2.75, 3.05) is 0 Å². The van der Waals surface area contributed by atoms with Gasteiger partial charge in [0.1, 0.15) is 0 Å². The third kappa shape index (κ3) is 2.87. The fourth-order valence-corrected chi connectivity index (χ4v) is 5.21. The van der Waals surface area contributed by atoms with Gasteiger partial charge in [-0.05, 0) is 0 Å². The van der Waals surface area contributed by atoms with Crippen LogP contribution in [-0.2, 0) is 0 Å². The van der Waals surface area contributed by atoms with Gasteiger partial charge in [-0.3, -0.25) is 0 Å². The third-order valence-electron chi connectivity index (χ3n) is 4.24. The van der Waals surface area contributed by atoms with Crippen LogP contribution in [0.3, 0.4) is 0 Å². The summed E-state index contributed by atoms with van der Waals surface area (Å²) in [7, 11) is 0. The molecule has 0 aromatic heterocycles. The van der Waals surface area contributed by atoms with E-state index in [0.717, 1.165) is 0 Å². The summed E-state index contributed by atoms with van der Waals surface area (Å²) in [4.78, 5) is 4.82. The van der Waals surface area contributed by atoms with Crippen molar-refractivity contribution in [3.63, 3.8) is 0 Å². The van der Waals surface area contributed by atoms with Gasteiger partial charge >= 0.3 is 116 Å². The molecule has 0 bridgehead atoms. The number of hydrogen-bond acceptors (Lipinski definition) is 1. The predicted octanol–water partition coefficient (Wildman–Crippen LogP) is 3.23. The van der Waals surface area contributed by atoms with Gasteiger partial charge < -0.3 is 0 Å². The van der Waals surface area contributed by atoms with Crippen molar-refractivity contribution in [1.29, 1.82) is 0 Å². The van der Waals surface area contributed by atoms with Crippen molar-refractivity contribution in [2.24, 2.45) is 10.4 Å². The molecule has 2 heteroatoms. The topological polar surface area (TPSA) is 12.4 Å². The summed E-state index contributed by atoms with van der Waals surface area (Å²) >= 11 is 0.601. The third-order valence-corrected chi connectivity index (χ3v) is 6.66. The molecular formula is C16H21NSe. The minimum absolute atomic E-state index is 0.510. The monoisotopic (exact) mass is 307 g/mol. The zero-order valence-corrected chi connectivity index (χ0v) is 12.6. The second-order valence-electron chi connectivity index (χ2n) is 5.68. The van der Waals surface area contributed by atoms with E-state index in [1.54, 1.807) is 0 Å². The quantitative estimate of drug-likeness (QED) is 0.760. The zero-order valence-electron chi connectivity index (χ0n) is 10.8. The Morgan fingerprint density at radius 2 is 1.89 bits per heavy atom. The Morgan fingerprint density at radius 1 is 1.11 bits per heavy atom. The Balaban J connectivity index is 1.52. The molecule has 3 rings (SSSR count). The molecule has 1 nitrogen and oxygen atoms in total. The van der Waals surface area contributed by atoms with E-state index in [2.05, 4.69) is 36.5 Å². The molecule has 1 heterocycles. The molecule has 2 aliphatic rings. The maximum atomic E-state index is 4.82. The summed E-state index contributed by atoms with van der Waals surface area (Å²) in [6.45, 7) is 0. The molecule has 18 heavy (non-hydrogen) atoms. The van der Waals surface area contributed by atoms with Crippen molar-refractivity contribution in [2.45, 2.75) is 49.9 Å². The summed E-state index contributed by atoms with van der Waals surface area (Å²) in [5.41, 5.74) is 0.510. The van der Waals surface area contributed by atoms with Crippen LogP contribution in [0.15, 0.2) is 35.3 Å². The van der Waals surface area contributed by atoms with E-state index in [-0.39, 0.29) is 0 Å². The van der Waals surface area contributed by atoms with Crippen LogP contribution in [0.1, 0.15) is 38.5 Å². The van der Waals surface area contributed by atoms with Gasteiger partial charge in [0.15, 0.2) is 0 Å². The van der Waals surface area contributed by atoms with Crippen molar-refractivity contribution in [3.8, 4) is 0 Å². The molecule has 0 N–H and O–H groups in total. The van der Waals surface area contributed by atoms with Gasteiger partial charge in [-0.2, -0.15) is 0 Å². The first-order valence-corrected chi connectivity index (χ1v) is 9.15. The van der Waals surface area contributed by atoms with E-state index in [0.29, 0.717) is 26.4 Å². The van der Waals surface area contributed by atoms with Gasteiger partial charge in [0.05, 0.1) is 0 Å². The standard InChI is InChI=1S/C16H21NSe/c1-3-7-15(8-4-1)18-12-14-11-16(13-17-14)9-5-2-6-10-16/h1,3-4,7-8,13-14H,2,5-6,9-12H2. The van der Waals surface area contributed by atoms with E-state index in [9.17, 15) is 0 Å². The number of nitrogens with zero attached hydrogens (tertiary/aromatic N) is 1. The van der Waals surface area contributed by atoms with Crippen LogP contribution in [0, 0.1) is 5.41 Å².